The van der Waals surface area contributed by atoms with Crippen molar-refractivity contribution in [1.82, 2.24) is 9.88 Å². The Hall–Kier alpha value is -1.92. The van der Waals surface area contributed by atoms with Crippen molar-refractivity contribution in [3.8, 4) is 0 Å². The van der Waals surface area contributed by atoms with Crippen LogP contribution < -0.4 is 11.3 Å². The van der Waals surface area contributed by atoms with Crippen molar-refractivity contribution in [1.29, 1.82) is 0 Å². The monoisotopic (exact) mass is 276 g/mol. The minimum Gasteiger partial charge on any atom is -0.336 e. The number of aryl methyl sites for hydroxylation is 1. The van der Waals surface area contributed by atoms with E-state index >= 15 is 0 Å². The molecule has 0 atom stereocenters. The number of carbonyl (C=O) groups is 1. The van der Waals surface area contributed by atoms with Crippen LogP contribution in [0.5, 0.6) is 0 Å². The lowest BCUT2D eigenvalue weighted by Gasteiger charge is -2.18. The molecule has 1 heterocycles. The standard InChI is InChI=1S/C13H16N4OS/c1-9-3-4-12(16-14)11(5-9)13(18)17(2)6-10-7-19-8-15-10/h3-5,7-8,16H,6,14H2,1-2H3. The molecular formula is C13H16N4OS. The Morgan fingerprint density at radius 3 is 2.95 bits per heavy atom. The van der Waals surface area contributed by atoms with Crippen LogP contribution in [-0.2, 0) is 6.54 Å². The highest BCUT2D eigenvalue weighted by atomic mass is 32.1. The van der Waals surface area contributed by atoms with E-state index in [0.29, 0.717) is 17.8 Å². The van der Waals surface area contributed by atoms with E-state index in [9.17, 15) is 4.79 Å². The van der Waals surface area contributed by atoms with Gasteiger partial charge in [-0.1, -0.05) is 11.6 Å². The highest BCUT2D eigenvalue weighted by molar-refractivity contribution is 7.07. The van der Waals surface area contributed by atoms with E-state index < -0.39 is 0 Å². The maximum atomic E-state index is 12.4. The Labute approximate surface area is 116 Å². The zero-order chi connectivity index (χ0) is 13.8. The summed E-state index contributed by atoms with van der Waals surface area (Å²) in [5.41, 5.74) is 7.41. The van der Waals surface area contributed by atoms with Gasteiger partial charge in [-0.3, -0.25) is 10.6 Å². The minimum absolute atomic E-state index is 0.0790. The summed E-state index contributed by atoms with van der Waals surface area (Å²) in [5, 5.41) is 1.93. The van der Waals surface area contributed by atoms with Gasteiger partial charge >= 0.3 is 0 Å². The molecule has 0 aliphatic carbocycles. The van der Waals surface area contributed by atoms with Gasteiger partial charge in [0.2, 0.25) is 0 Å². The largest absolute Gasteiger partial charge is 0.336 e. The summed E-state index contributed by atoms with van der Waals surface area (Å²) in [6, 6.07) is 5.54. The van der Waals surface area contributed by atoms with Crippen molar-refractivity contribution >= 4 is 22.9 Å². The number of benzene rings is 1. The number of hydrazine groups is 1. The van der Waals surface area contributed by atoms with Gasteiger partial charge in [-0.2, -0.15) is 0 Å². The van der Waals surface area contributed by atoms with E-state index in [2.05, 4.69) is 10.4 Å². The van der Waals surface area contributed by atoms with Crippen LogP contribution >= 0.6 is 11.3 Å². The molecule has 1 aromatic heterocycles. The number of nitrogens with two attached hydrogens (primary N) is 1. The fourth-order valence-corrected chi connectivity index (χ4v) is 2.35. The number of hydrogen-bond donors (Lipinski definition) is 2. The predicted molar refractivity (Wildman–Crippen MR) is 76.9 cm³/mol. The first-order chi connectivity index (χ1) is 9.11. The first kappa shape index (κ1) is 13.5. The number of rotatable bonds is 4. The van der Waals surface area contributed by atoms with Crippen molar-refractivity contribution in [2.75, 3.05) is 12.5 Å². The molecular weight excluding hydrogens is 260 g/mol. The topological polar surface area (TPSA) is 71.2 Å². The third kappa shape index (κ3) is 3.10. The number of hydrogen-bond acceptors (Lipinski definition) is 5. The number of carbonyl (C=O) groups excluding carboxylic acids is 1. The van der Waals surface area contributed by atoms with Crippen molar-refractivity contribution in [2.24, 2.45) is 5.84 Å². The number of nitrogens with one attached hydrogen (secondary N) is 1. The second kappa shape index (κ2) is 5.81. The predicted octanol–water partition coefficient (Wildman–Crippen LogP) is 2.01. The number of aromatic nitrogens is 1. The maximum absolute atomic E-state index is 12.4. The fraction of sp³-hybridized carbons (Fsp3) is 0.231. The Kier molecular flexibility index (Phi) is 4.13. The Balaban J connectivity index is 2.21. The average Bonchev–Trinajstić information content (AvgIpc) is 2.90. The molecule has 0 bridgehead atoms. The highest BCUT2D eigenvalue weighted by Crippen LogP contribution is 2.19. The SMILES string of the molecule is Cc1ccc(NN)c(C(=O)N(C)Cc2cscn2)c1. The van der Waals surface area contributed by atoms with Gasteiger partial charge in [-0.25, -0.2) is 4.98 Å². The van der Waals surface area contributed by atoms with Crippen molar-refractivity contribution in [3.63, 3.8) is 0 Å². The molecule has 19 heavy (non-hydrogen) atoms. The quantitative estimate of drug-likeness (QED) is 0.662. The zero-order valence-corrected chi connectivity index (χ0v) is 11.7. The van der Waals surface area contributed by atoms with E-state index in [4.69, 9.17) is 5.84 Å². The summed E-state index contributed by atoms with van der Waals surface area (Å²) in [4.78, 5) is 18.2. The molecule has 0 saturated heterocycles. The summed E-state index contributed by atoms with van der Waals surface area (Å²) in [6.07, 6.45) is 0. The van der Waals surface area contributed by atoms with Crippen LogP contribution in [0.15, 0.2) is 29.1 Å². The number of nitrogens with zero attached hydrogens (tertiary/aromatic N) is 2. The average molecular weight is 276 g/mol. The summed E-state index contributed by atoms with van der Waals surface area (Å²) in [7, 11) is 1.75. The lowest BCUT2D eigenvalue weighted by atomic mass is 10.1. The van der Waals surface area contributed by atoms with Gasteiger partial charge in [0.15, 0.2) is 0 Å². The third-order valence-electron chi connectivity index (χ3n) is 2.79. The van der Waals surface area contributed by atoms with Gasteiger partial charge in [0.25, 0.3) is 5.91 Å². The van der Waals surface area contributed by atoms with Crippen LogP contribution in [0.4, 0.5) is 5.69 Å². The third-order valence-corrected chi connectivity index (χ3v) is 3.43. The second-order valence-electron chi connectivity index (χ2n) is 4.33. The van der Waals surface area contributed by atoms with E-state index in [1.807, 2.05) is 24.4 Å². The molecule has 3 N–H and O–H groups in total. The molecule has 6 heteroatoms. The molecule has 2 rings (SSSR count). The second-order valence-corrected chi connectivity index (χ2v) is 5.05. The highest BCUT2D eigenvalue weighted by Gasteiger charge is 2.16. The van der Waals surface area contributed by atoms with Gasteiger partial charge in [0.05, 0.1) is 29.0 Å². The molecule has 1 aromatic carbocycles. The molecule has 5 nitrogen and oxygen atoms in total. The van der Waals surface area contributed by atoms with Gasteiger partial charge < -0.3 is 10.3 Å². The Morgan fingerprint density at radius 1 is 1.53 bits per heavy atom. The van der Waals surface area contributed by atoms with E-state index in [1.165, 1.54) is 11.3 Å². The number of thiazole rings is 1. The molecule has 0 aliphatic rings. The van der Waals surface area contributed by atoms with Gasteiger partial charge in [-0.15, -0.1) is 11.3 Å². The zero-order valence-electron chi connectivity index (χ0n) is 10.9. The molecule has 0 unspecified atom stereocenters. The van der Waals surface area contributed by atoms with Gasteiger partial charge in [0, 0.05) is 12.4 Å². The number of nitrogen functional groups attached to an aromatic ring is 1. The first-order valence-corrected chi connectivity index (χ1v) is 6.76. The van der Waals surface area contributed by atoms with Gasteiger partial charge in [0.1, 0.15) is 0 Å². The maximum Gasteiger partial charge on any atom is 0.256 e. The van der Waals surface area contributed by atoms with Crippen molar-refractivity contribution < 1.29 is 4.79 Å². The first-order valence-electron chi connectivity index (χ1n) is 5.81. The normalized spacial score (nSPS) is 10.3. The van der Waals surface area contributed by atoms with Crippen LogP contribution in [0.2, 0.25) is 0 Å². The molecule has 1 amide bonds. The Morgan fingerprint density at radius 2 is 2.32 bits per heavy atom. The van der Waals surface area contributed by atoms with Crippen LogP contribution in [0.1, 0.15) is 21.6 Å². The lowest BCUT2D eigenvalue weighted by Crippen LogP contribution is -2.27. The molecule has 0 saturated carbocycles. The number of amides is 1. The van der Waals surface area contributed by atoms with Crippen LogP contribution in [0.3, 0.4) is 0 Å². The van der Waals surface area contributed by atoms with Crippen LogP contribution in [0, 0.1) is 6.92 Å². The van der Waals surface area contributed by atoms with Crippen molar-refractivity contribution in [3.05, 3.63) is 45.9 Å². The van der Waals surface area contributed by atoms with Crippen LogP contribution in [0.25, 0.3) is 0 Å². The molecule has 0 radical (unpaired) electrons. The summed E-state index contributed by atoms with van der Waals surface area (Å²) in [6.45, 7) is 2.43. The summed E-state index contributed by atoms with van der Waals surface area (Å²) in [5.74, 6) is 5.36. The van der Waals surface area contributed by atoms with Crippen LogP contribution in [-0.4, -0.2) is 22.8 Å². The molecule has 0 fully saturated rings. The summed E-state index contributed by atoms with van der Waals surface area (Å²) >= 11 is 1.52. The lowest BCUT2D eigenvalue weighted by molar-refractivity contribution is 0.0784. The van der Waals surface area contributed by atoms with E-state index in [0.717, 1.165) is 11.3 Å². The van der Waals surface area contributed by atoms with Crippen molar-refractivity contribution in [2.45, 2.75) is 13.5 Å². The van der Waals surface area contributed by atoms with E-state index in [-0.39, 0.29) is 5.91 Å². The molecule has 0 aliphatic heterocycles. The minimum atomic E-state index is -0.0790. The van der Waals surface area contributed by atoms with Gasteiger partial charge in [-0.05, 0) is 19.1 Å². The molecule has 100 valence electrons. The number of anilines is 1. The smallest absolute Gasteiger partial charge is 0.256 e. The molecule has 2 aromatic rings. The summed E-state index contributed by atoms with van der Waals surface area (Å²) < 4.78 is 0. The Bertz CT molecular complexity index is 568. The molecule has 0 spiro atoms. The fourth-order valence-electron chi connectivity index (χ4n) is 1.80. The van der Waals surface area contributed by atoms with E-state index in [1.54, 1.807) is 23.5 Å².